The third-order valence-corrected chi connectivity index (χ3v) is 3.25. The van der Waals surface area contributed by atoms with Crippen molar-refractivity contribution in [2.45, 2.75) is 20.0 Å². The predicted molar refractivity (Wildman–Crippen MR) is 70.5 cm³/mol. The molecule has 0 aliphatic carbocycles. The van der Waals surface area contributed by atoms with Crippen LogP contribution in [0.5, 0.6) is 0 Å². The van der Waals surface area contributed by atoms with Crippen LogP contribution in [0.15, 0.2) is 28.9 Å². The topological polar surface area (TPSA) is 46.0 Å². The van der Waals surface area contributed by atoms with Gasteiger partial charge in [0.2, 0.25) is 0 Å². The molecule has 1 atom stereocenters. The Kier molecular flexibility index (Phi) is 3.73. The smallest absolute Gasteiger partial charge is 0.159 e. The lowest BCUT2D eigenvalue weighted by molar-refractivity contribution is 0.197. The molecule has 0 saturated carbocycles. The summed E-state index contributed by atoms with van der Waals surface area (Å²) in [6.45, 7) is 3.48. The summed E-state index contributed by atoms with van der Waals surface area (Å²) < 4.78 is 13.5. The molecular formula is C13H12BrFN2O. The molecule has 0 aliphatic heterocycles. The zero-order valence-electron chi connectivity index (χ0n) is 9.98. The summed E-state index contributed by atoms with van der Waals surface area (Å²) in [5, 5.41) is 9.51. The van der Waals surface area contributed by atoms with Crippen molar-refractivity contribution in [3.63, 3.8) is 0 Å². The van der Waals surface area contributed by atoms with E-state index in [4.69, 9.17) is 0 Å². The van der Waals surface area contributed by atoms with Crippen molar-refractivity contribution in [1.82, 2.24) is 9.97 Å². The van der Waals surface area contributed by atoms with Crippen LogP contribution < -0.4 is 0 Å². The molecule has 0 amide bonds. The fraction of sp³-hybridized carbons (Fsp3) is 0.231. The summed E-state index contributed by atoms with van der Waals surface area (Å²) in [4.78, 5) is 8.51. The van der Waals surface area contributed by atoms with Crippen molar-refractivity contribution in [2.24, 2.45) is 0 Å². The van der Waals surface area contributed by atoms with Crippen LogP contribution in [0.25, 0.3) is 11.4 Å². The van der Waals surface area contributed by atoms with E-state index >= 15 is 0 Å². The van der Waals surface area contributed by atoms with Crippen LogP contribution in [-0.4, -0.2) is 15.1 Å². The highest BCUT2D eigenvalue weighted by Crippen LogP contribution is 2.24. The summed E-state index contributed by atoms with van der Waals surface area (Å²) in [6.07, 6.45) is 0.999. The molecule has 0 radical (unpaired) electrons. The molecule has 1 N–H and O–H groups in total. The second kappa shape index (κ2) is 5.12. The second-order valence-electron chi connectivity index (χ2n) is 4.04. The molecule has 2 aromatic rings. The van der Waals surface area contributed by atoms with Crippen molar-refractivity contribution in [2.75, 3.05) is 0 Å². The zero-order valence-corrected chi connectivity index (χ0v) is 11.6. The van der Waals surface area contributed by atoms with Crippen LogP contribution in [0.3, 0.4) is 0 Å². The van der Waals surface area contributed by atoms with E-state index in [0.29, 0.717) is 15.9 Å². The van der Waals surface area contributed by atoms with Crippen LogP contribution in [0.2, 0.25) is 0 Å². The first-order valence-electron chi connectivity index (χ1n) is 5.46. The molecule has 1 aromatic heterocycles. The summed E-state index contributed by atoms with van der Waals surface area (Å²) >= 11 is 3.13. The van der Waals surface area contributed by atoms with Gasteiger partial charge in [0.1, 0.15) is 5.82 Å². The maximum absolute atomic E-state index is 13.1. The van der Waals surface area contributed by atoms with Crippen LogP contribution in [0.1, 0.15) is 24.3 Å². The first kappa shape index (κ1) is 13.1. The van der Waals surface area contributed by atoms with Gasteiger partial charge in [0.25, 0.3) is 0 Å². The number of benzene rings is 1. The van der Waals surface area contributed by atoms with Gasteiger partial charge in [-0.25, -0.2) is 14.4 Å². The van der Waals surface area contributed by atoms with Crippen LogP contribution in [0.4, 0.5) is 4.39 Å². The van der Waals surface area contributed by atoms with Gasteiger partial charge in [-0.2, -0.15) is 0 Å². The molecule has 1 heterocycles. The van der Waals surface area contributed by atoms with Gasteiger partial charge in [0.15, 0.2) is 5.82 Å². The number of aromatic nitrogens is 2. The number of aryl methyl sites for hydroxylation is 1. The van der Waals surface area contributed by atoms with Crippen molar-refractivity contribution in [3.8, 4) is 11.4 Å². The van der Waals surface area contributed by atoms with E-state index in [0.717, 1.165) is 11.3 Å². The maximum atomic E-state index is 13.1. The molecule has 0 fully saturated rings. The van der Waals surface area contributed by atoms with Gasteiger partial charge in [-0.3, -0.25) is 0 Å². The predicted octanol–water partition coefficient (Wildman–Crippen LogP) is 3.41. The Morgan fingerprint density at radius 3 is 2.67 bits per heavy atom. The zero-order chi connectivity index (χ0) is 13.3. The van der Waals surface area contributed by atoms with Crippen LogP contribution in [-0.2, 0) is 0 Å². The van der Waals surface area contributed by atoms with E-state index in [9.17, 15) is 9.50 Å². The van der Waals surface area contributed by atoms with Gasteiger partial charge in [-0.15, -0.1) is 0 Å². The minimum absolute atomic E-state index is 0.323. The summed E-state index contributed by atoms with van der Waals surface area (Å²) in [5.41, 5.74) is 2.14. The Morgan fingerprint density at radius 2 is 2.11 bits per heavy atom. The Hall–Kier alpha value is -1.33. The van der Waals surface area contributed by atoms with Gasteiger partial charge in [0.05, 0.1) is 10.6 Å². The average molecular weight is 311 g/mol. The highest BCUT2D eigenvalue weighted by Gasteiger charge is 2.10. The Balaban J connectivity index is 2.45. The van der Waals surface area contributed by atoms with E-state index < -0.39 is 6.10 Å². The largest absolute Gasteiger partial charge is 0.389 e. The Morgan fingerprint density at radius 1 is 1.39 bits per heavy atom. The molecule has 5 heteroatoms. The molecule has 0 saturated heterocycles. The van der Waals surface area contributed by atoms with Gasteiger partial charge >= 0.3 is 0 Å². The first-order valence-corrected chi connectivity index (χ1v) is 6.25. The minimum atomic E-state index is -0.598. The van der Waals surface area contributed by atoms with Gasteiger partial charge < -0.3 is 5.11 Å². The summed E-state index contributed by atoms with van der Waals surface area (Å²) in [6, 6.07) is 4.61. The molecule has 1 aromatic carbocycles. The van der Waals surface area contributed by atoms with Crippen LogP contribution in [0, 0.1) is 12.7 Å². The summed E-state index contributed by atoms with van der Waals surface area (Å²) in [7, 11) is 0. The van der Waals surface area contributed by atoms with Crippen molar-refractivity contribution in [3.05, 3.63) is 45.9 Å². The number of rotatable bonds is 2. The summed E-state index contributed by atoms with van der Waals surface area (Å²) in [5.74, 6) is 0.189. The number of hydrogen-bond donors (Lipinski definition) is 1. The SMILES string of the molecule is Cc1nc(-c2ccc(F)c(Br)c2)ncc1[C@H](C)O. The number of aliphatic hydroxyl groups excluding tert-OH is 1. The van der Waals surface area contributed by atoms with Gasteiger partial charge in [-0.05, 0) is 48.0 Å². The number of nitrogens with zero attached hydrogens (tertiary/aromatic N) is 2. The normalized spacial score (nSPS) is 12.5. The number of hydrogen-bond acceptors (Lipinski definition) is 3. The van der Waals surface area contributed by atoms with Crippen molar-refractivity contribution in [1.29, 1.82) is 0 Å². The van der Waals surface area contributed by atoms with E-state index in [2.05, 4.69) is 25.9 Å². The molecular weight excluding hydrogens is 299 g/mol. The first-order chi connectivity index (χ1) is 8.49. The third-order valence-electron chi connectivity index (χ3n) is 2.65. The Labute approximate surface area is 113 Å². The van der Waals surface area contributed by atoms with E-state index in [1.807, 2.05) is 6.92 Å². The molecule has 0 bridgehead atoms. The Bertz CT molecular complexity index is 587. The van der Waals surface area contributed by atoms with E-state index in [1.54, 1.807) is 25.3 Å². The lowest BCUT2D eigenvalue weighted by Gasteiger charge is -2.09. The van der Waals surface area contributed by atoms with Crippen molar-refractivity contribution >= 4 is 15.9 Å². The van der Waals surface area contributed by atoms with Crippen LogP contribution >= 0.6 is 15.9 Å². The molecule has 3 nitrogen and oxygen atoms in total. The van der Waals surface area contributed by atoms with Crippen molar-refractivity contribution < 1.29 is 9.50 Å². The fourth-order valence-electron chi connectivity index (χ4n) is 1.66. The lowest BCUT2D eigenvalue weighted by Crippen LogP contribution is -2.01. The molecule has 0 aliphatic rings. The average Bonchev–Trinajstić information content (AvgIpc) is 2.32. The van der Waals surface area contributed by atoms with Gasteiger partial charge in [-0.1, -0.05) is 0 Å². The standard InChI is InChI=1S/C13H12BrFN2O/c1-7-10(8(2)18)6-16-13(17-7)9-3-4-12(15)11(14)5-9/h3-6,8,18H,1-2H3/t8-/m0/s1. The highest BCUT2D eigenvalue weighted by atomic mass is 79.9. The molecule has 94 valence electrons. The maximum Gasteiger partial charge on any atom is 0.159 e. The lowest BCUT2D eigenvalue weighted by atomic mass is 10.1. The van der Waals surface area contributed by atoms with Gasteiger partial charge in [0, 0.05) is 23.0 Å². The molecule has 0 unspecified atom stereocenters. The minimum Gasteiger partial charge on any atom is -0.389 e. The second-order valence-corrected chi connectivity index (χ2v) is 4.89. The van der Waals surface area contributed by atoms with E-state index in [1.165, 1.54) is 6.07 Å². The fourth-order valence-corrected chi connectivity index (χ4v) is 2.04. The third kappa shape index (κ3) is 2.57. The molecule has 2 rings (SSSR count). The molecule has 0 spiro atoms. The van der Waals surface area contributed by atoms with E-state index in [-0.39, 0.29) is 5.82 Å². The number of halogens is 2. The highest BCUT2D eigenvalue weighted by molar-refractivity contribution is 9.10. The monoisotopic (exact) mass is 310 g/mol. The quantitative estimate of drug-likeness (QED) is 0.924. The molecule has 18 heavy (non-hydrogen) atoms. The number of aliphatic hydroxyl groups is 1.